The number of hydrogen-bond donors (Lipinski definition) is 1. The van der Waals surface area contributed by atoms with Crippen molar-refractivity contribution in [3.05, 3.63) is 0 Å². The fourth-order valence-electron chi connectivity index (χ4n) is 2.04. The van der Waals surface area contributed by atoms with E-state index in [0.717, 1.165) is 37.9 Å². The van der Waals surface area contributed by atoms with Gasteiger partial charge in [0.2, 0.25) is 5.91 Å². The Morgan fingerprint density at radius 2 is 2.06 bits per heavy atom. The summed E-state index contributed by atoms with van der Waals surface area (Å²) in [6, 6.07) is -0.389. The molecule has 1 amide bonds. The first kappa shape index (κ1) is 15.6. The van der Waals surface area contributed by atoms with Gasteiger partial charge in [0.1, 0.15) is 0 Å². The molecule has 2 aliphatic rings. The third kappa shape index (κ3) is 3.52. The van der Waals surface area contributed by atoms with Gasteiger partial charge in [-0.1, -0.05) is 18.7 Å². The van der Waals surface area contributed by atoms with Gasteiger partial charge in [0.05, 0.1) is 12.6 Å². The monoisotopic (exact) mass is 292 g/mol. The van der Waals surface area contributed by atoms with E-state index in [1.807, 2.05) is 16.7 Å². The van der Waals surface area contributed by atoms with Crippen molar-refractivity contribution in [2.45, 2.75) is 25.1 Å². The molecule has 2 heterocycles. The van der Waals surface area contributed by atoms with Gasteiger partial charge in [0.15, 0.2) is 5.17 Å². The maximum atomic E-state index is 11.7. The second-order valence-electron chi connectivity index (χ2n) is 4.65. The number of rotatable bonds is 1. The Morgan fingerprint density at radius 3 is 2.50 bits per heavy atom. The van der Waals surface area contributed by atoms with E-state index in [1.54, 1.807) is 6.92 Å². The smallest absolute Gasteiger partial charge is 0.239 e. The van der Waals surface area contributed by atoms with Crippen molar-refractivity contribution in [2.24, 2.45) is 10.7 Å². The molecule has 0 aromatic rings. The lowest BCUT2D eigenvalue weighted by Gasteiger charge is -2.36. The Balaban J connectivity index is 0.00000162. The summed E-state index contributed by atoms with van der Waals surface area (Å²) in [5.74, 6) is 0.0547. The second-order valence-corrected chi connectivity index (χ2v) is 6.06. The average Bonchev–Trinajstić information content (AvgIpc) is 2.75. The van der Waals surface area contributed by atoms with Crippen molar-refractivity contribution in [1.82, 2.24) is 9.80 Å². The number of piperazine rings is 1. The molecular weight excluding hydrogens is 272 g/mol. The summed E-state index contributed by atoms with van der Waals surface area (Å²) in [7, 11) is 0. The standard InChI is InChI=1S/C11H20N4OS.ClH/c1-8-7-13-11(17-8)15-5-3-14(4-6-15)10(16)9(2)12;/h8-9H,3-7,12H2,1-2H3;1H. The highest BCUT2D eigenvalue weighted by molar-refractivity contribution is 8.14. The van der Waals surface area contributed by atoms with Crippen LogP contribution in [0.15, 0.2) is 4.99 Å². The summed E-state index contributed by atoms with van der Waals surface area (Å²) >= 11 is 1.84. The molecule has 2 N–H and O–H groups in total. The fourth-order valence-corrected chi connectivity index (χ4v) is 3.03. The summed E-state index contributed by atoms with van der Waals surface area (Å²) in [6.07, 6.45) is 0. The number of halogens is 1. The normalized spacial score (nSPS) is 25.5. The van der Waals surface area contributed by atoms with E-state index in [4.69, 9.17) is 5.73 Å². The van der Waals surface area contributed by atoms with Crippen LogP contribution < -0.4 is 5.73 Å². The lowest BCUT2D eigenvalue weighted by atomic mass is 10.2. The molecule has 0 aromatic carbocycles. The third-order valence-corrected chi connectivity index (χ3v) is 4.19. The summed E-state index contributed by atoms with van der Waals surface area (Å²) in [4.78, 5) is 20.4. The molecule has 18 heavy (non-hydrogen) atoms. The number of nitrogens with two attached hydrogens (primary N) is 1. The van der Waals surface area contributed by atoms with Crippen molar-refractivity contribution in [2.75, 3.05) is 32.7 Å². The van der Waals surface area contributed by atoms with Crippen LogP contribution in [-0.4, -0.2) is 64.9 Å². The predicted octanol–water partition coefficient (Wildman–Crippen LogP) is 0.391. The molecule has 104 valence electrons. The number of hydrogen-bond acceptors (Lipinski definition) is 5. The highest BCUT2D eigenvalue weighted by atomic mass is 35.5. The first-order valence-electron chi connectivity index (χ1n) is 6.08. The topological polar surface area (TPSA) is 61.9 Å². The molecule has 2 aliphatic heterocycles. The predicted molar refractivity (Wildman–Crippen MR) is 78.4 cm³/mol. The largest absolute Gasteiger partial charge is 0.348 e. The number of carbonyl (C=O) groups is 1. The molecule has 0 spiro atoms. The van der Waals surface area contributed by atoms with Crippen LogP contribution in [0.1, 0.15) is 13.8 Å². The van der Waals surface area contributed by atoms with E-state index in [0.29, 0.717) is 5.25 Å². The molecule has 2 atom stereocenters. The molecule has 0 bridgehead atoms. The van der Waals surface area contributed by atoms with Gasteiger partial charge in [-0.05, 0) is 6.92 Å². The minimum atomic E-state index is -0.389. The SMILES string of the molecule is CC1CN=C(N2CCN(C(=O)C(C)N)CC2)S1.Cl. The highest BCUT2D eigenvalue weighted by Gasteiger charge is 2.27. The lowest BCUT2D eigenvalue weighted by molar-refractivity contribution is -0.133. The molecule has 0 saturated carbocycles. The molecule has 1 saturated heterocycles. The van der Waals surface area contributed by atoms with Gasteiger partial charge in [-0.25, -0.2) is 0 Å². The minimum absolute atomic E-state index is 0. The molecule has 1 fully saturated rings. The summed E-state index contributed by atoms with van der Waals surface area (Å²) in [5, 5.41) is 1.74. The Kier molecular flexibility index (Phi) is 5.75. The molecule has 0 aliphatic carbocycles. The molecular formula is C11H21ClN4OS. The number of amides is 1. The summed E-state index contributed by atoms with van der Waals surface area (Å²) < 4.78 is 0. The van der Waals surface area contributed by atoms with Gasteiger partial charge < -0.3 is 15.5 Å². The number of aliphatic imine (C=N–C) groups is 1. The van der Waals surface area contributed by atoms with Gasteiger partial charge in [-0.15, -0.1) is 12.4 Å². The van der Waals surface area contributed by atoms with E-state index >= 15 is 0 Å². The number of amidine groups is 1. The van der Waals surface area contributed by atoms with Crippen LogP contribution in [0.4, 0.5) is 0 Å². The van der Waals surface area contributed by atoms with Gasteiger partial charge in [-0.3, -0.25) is 9.79 Å². The van der Waals surface area contributed by atoms with E-state index < -0.39 is 0 Å². The quantitative estimate of drug-likeness (QED) is 0.759. The van der Waals surface area contributed by atoms with Crippen molar-refractivity contribution >= 4 is 35.2 Å². The van der Waals surface area contributed by atoms with Crippen molar-refractivity contribution in [3.63, 3.8) is 0 Å². The Hall–Kier alpha value is -0.460. The van der Waals surface area contributed by atoms with E-state index in [9.17, 15) is 4.79 Å². The molecule has 0 radical (unpaired) electrons. The zero-order chi connectivity index (χ0) is 12.4. The van der Waals surface area contributed by atoms with Crippen LogP contribution in [0.2, 0.25) is 0 Å². The maximum Gasteiger partial charge on any atom is 0.239 e. The number of carbonyl (C=O) groups excluding carboxylic acids is 1. The Morgan fingerprint density at radius 1 is 1.44 bits per heavy atom. The van der Waals surface area contributed by atoms with Crippen molar-refractivity contribution in [1.29, 1.82) is 0 Å². The van der Waals surface area contributed by atoms with Gasteiger partial charge >= 0.3 is 0 Å². The first-order chi connectivity index (χ1) is 8.08. The molecule has 7 heteroatoms. The molecule has 2 rings (SSSR count). The number of nitrogens with zero attached hydrogens (tertiary/aromatic N) is 3. The molecule has 5 nitrogen and oxygen atoms in total. The first-order valence-corrected chi connectivity index (χ1v) is 6.96. The van der Waals surface area contributed by atoms with Crippen molar-refractivity contribution < 1.29 is 4.79 Å². The van der Waals surface area contributed by atoms with E-state index in [1.165, 1.54) is 0 Å². The van der Waals surface area contributed by atoms with Crippen molar-refractivity contribution in [3.8, 4) is 0 Å². The van der Waals surface area contributed by atoms with E-state index in [-0.39, 0.29) is 24.4 Å². The van der Waals surface area contributed by atoms with Gasteiger partial charge in [0, 0.05) is 31.4 Å². The van der Waals surface area contributed by atoms with Crippen LogP contribution in [0.25, 0.3) is 0 Å². The Labute approximate surface area is 119 Å². The summed E-state index contributed by atoms with van der Waals surface area (Å²) in [5.41, 5.74) is 5.61. The Bertz CT molecular complexity index is 329. The molecule has 0 aromatic heterocycles. The van der Waals surface area contributed by atoms with Crippen LogP contribution in [0.3, 0.4) is 0 Å². The second kappa shape index (κ2) is 6.63. The minimum Gasteiger partial charge on any atom is -0.348 e. The van der Waals surface area contributed by atoms with Crippen LogP contribution in [-0.2, 0) is 4.79 Å². The fraction of sp³-hybridized carbons (Fsp3) is 0.818. The summed E-state index contributed by atoms with van der Waals surface area (Å²) in [6.45, 7) is 8.11. The maximum absolute atomic E-state index is 11.7. The van der Waals surface area contributed by atoms with Gasteiger partial charge in [-0.2, -0.15) is 0 Å². The highest BCUT2D eigenvalue weighted by Crippen LogP contribution is 2.23. The third-order valence-electron chi connectivity index (χ3n) is 3.04. The van der Waals surface area contributed by atoms with Crippen LogP contribution in [0.5, 0.6) is 0 Å². The van der Waals surface area contributed by atoms with Gasteiger partial charge in [0.25, 0.3) is 0 Å². The lowest BCUT2D eigenvalue weighted by Crippen LogP contribution is -2.53. The number of thioether (sulfide) groups is 1. The van der Waals surface area contributed by atoms with Crippen LogP contribution >= 0.6 is 24.2 Å². The molecule has 2 unspecified atom stereocenters. The zero-order valence-corrected chi connectivity index (χ0v) is 12.5. The zero-order valence-electron chi connectivity index (χ0n) is 10.8. The van der Waals surface area contributed by atoms with Crippen LogP contribution in [0, 0.1) is 0 Å². The van der Waals surface area contributed by atoms with E-state index in [2.05, 4.69) is 16.8 Å². The average molecular weight is 293 g/mol.